The molecule has 0 radical (unpaired) electrons. The molecule has 0 bridgehead atoms. The normalized spacial score (nSPS) is 9.86. The lowest BCUT2D eigenvalue weighted by Gasteiger charge is -2.10. The van der Waals surface area contributed by atoms with Crippen LogP contribution in [-0.2, 0) is 6.61 Å². The Bertz CT molecular complexity index is 668. The molecular formula is C18H17FO2. The van der Waals surface area contributed by atoms with Gasteiger partial charge < -0.3 is 9.84 Å². The lowest BCUT2D eigenvalue weighted by Crippen LogP contribution is -1.99. The fourth-order valence-electron chi connectivity index (χ4n) is 1.91. The van der Waals surface area contributed by atoms with Gasteiger partial charge in [-0.05, 0) is 36.8 Å². The topological polar surface area (TPSA) is 29.5 Å². The molecule has 2 nitrogen and oxygen atoms in total. The Labute approximate surface area is 124 Å². The minimum atomic E-state index is -0.268. The van der Waals surface area contributed by atoms with Gasteiger partial charge in [0.15, 0.2) is 0 Å². The van der Waals surface area contributed by atoms with Gasteiger partial charge in [0.2, 0.25) is 0 Å². The summed E-state index contributed by atoms with van der Waals surface area (Å²) in [5.74, 6) is 6.32. The Morgan fingerprint density at radius 3 is 2.76 bits per heavy atom. The van der Waals surface area contributed by atoms with E-state index in [-0.39, 0.29) is 12.4 Å². The Hall–Kier alpha value is -2.31. The van der Waals surface area contributed by atoms with E-state index in [0.29, 0.717) is 18.8 Å². The third-order valence-electron chi connectivity index (χ3n) is 3.00. The van der Waals surface area contributed by atoms with Crippen molar-refractivity contribution in [3.05, 3.63) is 65.0 Å². The van der Waals surface area contributed by atoms with Crippen LogP contribution in [0.25, 0.3) is 0 Å². The zero-order valence-electron chi connectivity index (χ0n) is 11.9. The smallest absolute Gasteiger partial charge is 0.123 e. The van der Waals surface area contributed by atoms with Crippen molar-refractivity contribution in [2.45, 2.75) is 20.0 Å². The third-order valence-corrected chi connectivity index (χ3v) is 3.00. The molecule has 0 aliphatic heterocycles. The Morgan fingerprint density at radius 2 is 2.00 bits per heavy atom. The zero-order chi connectivity index (χ0) is 15.1. The van der Waals surface area contributed by atoms with Gasteiger partial charge in [-0.25, -0.2) is 4.39 Å². The molecule has 0 aliphatic carbocycles. The number of benzene rings is 2. The fraction of sp³-hybridized carbons (Fsp3) is 0.222. The monoisotopic (exact) mass is 284 g/mol. The van der Waals surface area contributed by atoms with Crippen molar-refractivity contribution in [2.75, 3.05) is 6.61 Å². The fourth-order valence-corrected chi connectivity index (χ4v) is 1.91. The number of aryl methyl sites for hydroxylation is 1. The van der Waals surface area contributed by atoms with Crippen molar-refractivity contribution in [1.29, 1.82) is 0 Å². The van der Waals surface area contributed by atoms with Gasteiger partial charge in [-0.2, -0.15) is 0 Å². The molecule has 0 aromatic heterocycles. The molecule has 0 amide bonds. The highest BCUT2D eigenvalue weighted by atomic mass is 19.1. The van der Waals surface area contributed by atoms with Crippen molar-refractivity contribution in [3.8, 4) is 17.6 Å². The van der Waals surface area contributed by atoms with Gasteiger partial charge in [0, 0.05) is 17.5 Å². The van der Waals surface area contributed by atoms with Crippen LogP contribution in [0.3, 0.4) is 0 Å². The van der Waals surface area contributed by atoms with Gasteiger partial charge in [0.1, 0.15) is 18.2 Å². The van der Waals surface area contributed by atoms with E-state index in [2.05, 4.69) is 11.8 Å². The molecule has 0 saturated carbocycles. The van der Waals surface area contributed by atoms with Gasteiger partial charge >= 0.3 is 0 Å². The number of hydrogen-bond acceptors (Lipinski definition) is 2. The van der Waals surface area contributed by atoms with Gasteiger partial charge in [0.05, 0.1) is 6.61 Å². The highest BCUT2D eigenvalue weighted by Gasteiger charge is 2.04. The van der Waals surface area contributed by atoms with E-state index in [4.69, 9.17) is 9.84 Å². The largest absolute Gasteiger partial charge is 0.489 e. The van der Waals surface area contributed by atoms with Gasteiger partial charge in [0.25, 0.3) is 0 Å². The van der Waals surface area contributed by atoms with Crippen molar-refractivity contribution < 1.29 is 14.2 Å². The molecule has 1 N–H and O–H groups in total. The summed E-state index contributed by atoms with van der Waals surface area (Å²) in [4.78, 5) is 0. The summed E-state index contributed by atoms with van der Waals surface area (Å²) >= 11 is 0. The van der Waals surface area contributed by atoms with Crippen LogP contribution in [0.1, 0.15) is 23.1 Å². The van der Waals surface area contributed by atoms with E-state index in [1.54, 1.807) is 6.07 Å². The number of aliphatic hydroxyl groups is 1. The average molecular weight is 284 g/mol. The maximum atomic E-state index is 13.1. The lowest BCUT2D eigenvalue weighted by atomic mass is 10.1. The van der Waals surface area contributed by atoms with Crippen LogP contribution >= 0.6 is 0 Å². The van der Waals surface area contributed by atoms with Crippen LogP contribution in [0.4, 0.5) is 4.39 Å². The number of rotatable bonds is 4. The average Bonchev–Trinajstić information content (AvgIpc) is 2.48. The van der Waals surface area contributed by atoms with Crippen LogP contribution in [0.2, 0.25) is 0 Å². The molecule has 2 aromatic carbocycles. The second kappa shape index (κ2) is 7.47. The summed E-state index contributed by atoms with van der Waals surface area (Å²) in [6.45, 7) is 2.24. The summed E-state index contributed by atoms with van der Waals surface area (Å²) in [7, 11) is 0. The Balaban J connectivity index is 2.11. The SMILES string of the molecule is Cc1cc(F)ccc1OCc1ccccc1C#CCCO. The molecule has 0 atom stereocenters. The first kappa shape index (κ1) is 15.1. The molecule has 0 fully saturated rings. The van der Waals surface area contributed by atoms with Crippen LogP contribution in [0.5, 0.6) is 5.75 Å². The molecule has 3 heteroatoms. The molecule has 108 valence electrons. The van der Waals surface area contributed by atoms with Crippen molar-refractivity contribution in [2.24, 2.45) is 0 Å². The van der Waals surface area contributed by atoms with Crippen LogP contribution in [0, 0.1) is 24.6 Å². The summed E-state index contributed by atoms with van der Waals surface area (Å²) in [5.41, 5.74) is 2.61. The molecule has 0 spiro atoms. The molecule has 0 saturated heterocycles. The summed E-state index contributed by atoms with van der Waals surface area (Å²) in [6.07, 6.45) is 0.451. The van der Waals surface area contributed by atoms with Gasteiger partial charge in [-0.3, -0.25) is 0 Å². The lowest BCUT2D eigenvalue weighted by molar-refractivity contribution is 0.303. The maximum Gasteiger partial charge on any atom is 0.123 e. The number of halogens is 1. The molecule has 2 rings (SSSR count). The molecule has 21 heavy (non-hydrogen) atoms. The first-order chi connectivity index (χ1) is 10.2. The van der Waals surface area contributed by atoms with Gasteiger partial charge in [-0.1, -0.05) is 30.0 Å². The minimum Gasteiger partial charge on any atom is -0.489 e. The van der Waals surface area contributed by atoms with Crippen molar-refractivity contribution >= 4 is 0 Å². The van der Waals surface area contributed by atoms with Crippen LogP contribution in [-0.4, -0.2) is 11.7 Å². The molecule has 2 aromatic rings. The van der Waals surface area contributed by atoms with E-state index in [1.165, 1.54) is 12.1 Å². The standard InChI is InChI=1S/C18H17FO2/c1-14-12-17(19)9-10-18(14)21-13-16-8-3-2-6-15(16)7-4-5-11-20/h2-3,6,8-10,12,20H,5,11,13H2,1H3. The highest BCUT2D eigenvalue weighted by molar-refractivity contribution is 5.41. The van der Waals surface area contributed by atoms with E-state index in [9.17, 15) is 4.39 Å². The van der Waals surface area contributed by atoms with Crippen molar-refractivity contribution in [1.82, 2.24) is 0 Å². The van der Waals surface area contributed by atoms with Crippen LogP contribution < -0.4 is 4.74 Å². The van der Waals surface area contributed by atoms with E-state index < -0.39 is 0 Å². The van der Waals surface area contributed by atoms with Crippen LogP contribution in [0.15, 0.2) is 42.5 Å². The Morgan fingerprint density at radius 1 is 1.19 bits per heavy atom. The highest BCUT2D eigenvalue weighted by Crippen LogP contribution is 2.20. The third kappa shape index (κ3) is 4.34. The molecule has 0 unspecified atom stereocenters. The number of hydrogen-bond donors (Lipinski definition) is 1. The molecule has 0 aliphatic rings. The number of aliphatic hydroxyl groups excluding tert-OH is 1. The maximum absolute atomic E-state index is 13.1. The molecule has 0 heterocycles. The number of ether oxygens (including phenoxy) is 1. The summed E-state index contributed by atoms with van der Waals surface area (Å²) < 4.78 is 18.8. The zero-order valence-corrected chi connectivity index (χ0v) is 11.9. The van der Waals surface area contributed by atoms with E-state index in [0.717, 1.165) is 16.7 Å². The predicted octanol–water partition coefficient (Wildman–Crippen LogP) is 3.45. The summed E-state index contributed by atoms with van der Waals surface area (Å²) in [5, 5.41) is 8.76. The first-order valence-corrected chi connectivity index (χ1v) is 6.77. The second-order valence-corrected chi connectivity index (χ2v) is 4.63. The first-order valence-electron chi connectivity index (χ1n) is 6.77. The summed E-state index contributed by atoms with van der Waals surface area (Å²) in [6, 6.07) is 12.2. The second-order valence-electron chi connectivity index (χ2n) is 4.63. The quantitative estimate of drug-likeness (QED) is 0.871. The van der Waals surface area contributed by atoms with E-state index in [1.807, 2.05) is 31.2 Å². The Kier molecular flexibility index (Phi) is 5.36. The predicted molar refractivity (Wildman–Crippen MR) is 80.5 cm³/mol. The van der Waals surface area contributed by atoms with E-state index >= 15 is 0 Å². The van der Waals surface area contributed by atoms with Crippen molar-refractivity contribution in [3.63, 3.8) is 0 Å². The van der Waals surface area contributed by atoms with Gasteiger partial charge in [-0.15, -0.1) is 0 Å². The minimum absolute atomic E-state index is 0.0560. The molecular weight excluding hydrogens is 267 g/mol.